The number of hydrogen-bond acceptors (Lipinski definition) is 3. The van der Waals surface area contributed by atoms with Crippen LogP contribution in [-0.4, -0.2) is 48.6 Å². The Bertz CT molecular complexity index is 157. The molecule has 2 saturated heterocycles. The number of likely N-dealkylation sites (tertiary alicyclic amines) is 1. The number of hydrogen-bond donors (Lipinski definition) is 1. The fraction of sp³-hybridized carbons (Fsp3) is 1.00. The normalized spacial score (nSPS) is 24.0. The molecule has 2 aliphatic heterocycles. The lowest BCUT2D eigenvalue weighted by molar-refractivity contribution is 0.324. The van der Waals surface area contributed by atoms with E-state index < -0.39 is 0 Å². The van der Waals surface area contributed by atoms with Crippen molar-refractivity contribution in [1.82, 2.24) is 10.2 Å². The van der Waals surface area contributed by atoms with Crippen LogP contribution in [0.2, 0.25) is 0 Å². The third-order valence-electron chi connectivity index (χ3n) is 3.28. The molecule has 0 aliphatic carbocycles. The number of halogens is 1. The first-order valence-corrected chi connectivity index (χ1v) is 7.14. The highest BCUT2D eigenvalue weighted by Gasteiger charge is 2.14. The monoisotopic (exact) mass is 250 g/mol. The molecule has 0 aromatic carbocycles. The average Bonchev–Trinajstić information content (AvgIpc) is 2.72. The molecule has 0 bridgehead atoms. The smallest absolute Gasteiger partial charge is 0.0107 e. The van der Waals surface area contributed by atoms with Gasteiger partial charge >= 0.3 is 0 Å². The zero-order chi connectivity index (χ0) is 9.64. The van der Waals surface area contributed by atoms with Gasteiger partial charge in [0.1, 0.15) is 0 Å². The van der Waals surface area contributed by atoms with Crippen molar-refractivity contribution in [2.75, 3.05) is 37.7 Å². The lowest BCUT2D eigenvalue weighted by Gasteiger charge is -2.24. The maximum absolute atomic E-state index is 3.69. The van der Waals surface area contributed by atoms with E-state index in [9.17, 15) is 0 Å². The van der Waals surface area contributed by atoms with Crippen LogP contribution in [0.3, 0.4) is 0 Å². The summed E-state index contributed by atoms with van der Waals surface area (Å²) < 4.78 is 0. The summed E-state index contributed by atoms with van der Waals surface area (Å²) in [6.07, 6.45) is 5.59. The summed E-state index contributed by atoms with van der Waals surface area (Å²) in [6, 6.07) is 0.818. The van der Waals surface area contributed by atoms with Crippen molar-refractivity contribution < 1.29 is 0 Å². The molecule has 2 heterocycles. The van der Waals surface area contributed by atoms with Gasteiger partial charge in [-0.05, 0) is 50.3 Å². The molecule has 0 aromatic heterocycles. The van der Waals surface area contributed by atoms with Crippen LogP contribution in [0.15, 0.2) is 0 Å². The lowest BCUT2D eigenvalue weighted by atomic mass is 10.1. The van der Waals surface area contributed by atoms with Crippen LogP contribution in [-0.2, 0) is 0 Å². The zero-order valence-corrected chi connectivity index (χ0v) is 11.0. The zero-order valence-electron chi connectivity index (χ0n) is 9.41. The van der Waals surface area contributed by atoms with Gasteiger partial charge < -0.3 is 10.2 Å². The van der Waals surface area contributed by atoms with Gasteiger partial charge in [0.15, 0.2) is 0 Å². The number of rotatable bonds is 4. The molecule has 2 nitrogen and oxygen atoms in total. The Balaban J connectivity index is 0.00000112. The minimum absolute atomic E-state index is 0. The predicted octanol–water partition coefficient (Wildman–Crippen LogP) is 1.99. The predicted molar refractivity (Wildman–Crippen MR) is 71.3 cm³/mol. The second kappa shape index (κ2) is 7.77. The van der Waals surface area contributed by atoms with Gasteiger partial charge in [-0.3, -0.25) is 0 Å². The fourth-order valence-electron chi connectivity index (χ4n) is 2.33. The summed E-state index contributed by atoms with van der Waals surface area (Å²) >= 11 is 2.11. The highest BCUT2D eigenvalue weighted by Crippen LogP contribution is 2.16. The van der Waals surface area contributed by atoms with E-state index in [2.05, 4.69) is 22.0 Å². The van der Waals surface area contributed by atoms with Crippen molar-refractivity contribution in [3.05, 3.63) is 0 Å². The molecular weight excluding hydrogens is 228 g/mol. The van der Waals surface area contributed by atoms with E-state index in [0.717, 1.165) is 6.04 Å². The molecule has 90 valence electrons. The maximum atomic E-state index is 3.69. The van der Waals surface area contributed by atoms with Gasteiger partial charge in [-0.15, -0.1) is 12.4 Å². The molecule has 2 fully saturated rings. The topological polar surface area (TPSA) is 15.3 Å². The highest BCUT2D eigenvalue weighted by molar-refractivity contribution is 7.99. The molecule has 2 rings (SSSR count). The van der Waals surface area contributed by atoms with Crippen molar-refractivity contribution in [3.63, 3.8) is 0 Å². The van der Waals surface area contributed by atoms with Crippen molar-refractivity contribution in [3.8, 4) is 0 Å². The van der Waals surface area contributed by atoms with Crippen molar-refractivity contribution in [1.29, 1.82) is 0 Å². The molecule has 0 saturated carbocycles. The van der Waals surface area contributed by atoms with Crippen molar-refractivity contribution >= 4 is 24.2 Å². The summed E-state index contributed by atoms with van der Waals surface area (Å²) in [4.78, 5) is 2.59. The van der Waals surface area contributed by atoms with Crippen LogP contribution < -0.4 is 5.32 Å². The van der Waals surface area contributed by atoms with Gasteiger partial charge in [0.05, 0.1) is 0 Å². The molecule has 15 heavy (non-hydrogen) atoms. The van der Waals surface area contributed by atoms with E-state index in [1.807, 2.05) is 0 Å². The van der Waals surface area contributed by atoms with Crippen LogP contribution in [0.25, 0.3) is 0 Å². The van der Waals surface area contributed by atoms with Crippen LogP contribution in [0.1, 0.15) is 25.7 Å². The Morgan fingerprint density at radius 2 is 1.80 bits per heavy atom. The minimum Gasteiger partial charge on any atom is -0.313 e. The molecule has 0 amide bonds. The molecular formula is C11H23ClN2S. The van der Waals surface area contributed by atoms with E-state index >= 15 is 0 Å². The largest absolute Gasteiger partial charge is 0.313 e. The SMILES string of the molecule is C1CCN(CCNC2CCSCC2)C1.Cl. The molecule has 0 radical (unpaired) electrons. The van der Waals surface area contributed by atoms with Gasteiger partial charge in [0.2, 0.25) is 0 Å². The quantitative estimate of drug-likeness (QED) is 0.822. The molecule has 2 aliphatic rings. The summed E-state index contributed by atoms with van der Waals surface area (Å²) in [5.74, 6) is 2.72. The van der Waals surface area contributed by atoms with E-state index in [1.165, 1.54) is 63.4 Å². The van der Waals surface area contributed by atoms with Crippen molar-refractivity contribution in [2.45, 2.75) is 31.7 Å². The van der Waals surface area contributed by atoms with Crippen molar-refractivity contribution in [2.24, 2.45) is 0 Å². The van der Waals surface area contributed by atoms with Gasteiger partial charge in [-0.2, -0.15) is 11.8 Å². The second-order valence-electron chi connectivity index (χ2n) is 4.39. The first-order chi connectivity index (χ1) is 6.95. The Labute approximate surface area is 104 Å². The first kappa shape index (κ1) is 13.6. The van der Waals surface area contributed by atoms with Crippen LogP contribution in [0, 0.1) is 0 Å². The molecule has 4 heteroatoms. The lowest BCUT2D eigenvalue weighted by Crippen LogP contribution is -2.38. The highest BCUT2D eigenvalue weighted by atomic mass is 35.5. The Morgan fingerprint density at radius 1 is 1.13 bits per heavy atom. The minimum atomic E-state index is 0. The van der Waals surface area contributed by atoms with Crippen LogP contribution in [0.5, 0.6) is 0 Å². The molecule has 0 spiro atoms. The first-order valence-electron chi connectivity index (χ1n) is 5.98. The van der Waals surface area contributed by atoms with Crippen LogP contribution >= 0.6 is 24.2 Å². The van der Waals surface area contributed by atoms with Gasteiger partial charge in [-0.25, -0.2) is 0 Å². The van der Waals surface area contributed by atoms with E-state index in [0.29, 0.717) is 0 Å². The summed E-state index contributed by atoms with van der Waals surface area (Å²) in [7, 11) is 0. The van der Waals surface area contributed by atoms with E-state index in [1.54, 1.807) is 0 Å². The van der Waals surface area contributed by atoms with Gasteiger partial charge in [-0.1, -0.05) is 0 Å². The Morgan fingerprint density at radius 3 is 2.47 bits per heavy atom. The number of nitrogens with zero attached hydrogens (tertiary/aromatic N) is 1. The number of nitrogens with one attached hydrogen (secondary N) is 1. The molecule has 1 N–H and O–H groups in total. The third kappa shape index (κ3) is 4.94. The van der Waals surface area contributed by atoms with Gasteiger partial charge in [0.25, 0.3) is 0 Å². The van der Waals surface area contributed by atoms with E-state index in [4.69, 9.17) is 0 Å². The van der Waals surface area contributed by atoms with Gasteiger partial charge in [0, 0.05) is 19.1 Å². The third-order valence-corrected chi connectivity index (χ3v) is 4.33. The summed E-state index contributed by atoms with van der Waals surface area (Å²) in [6.45, 7) is 5.14. The Kier molecular flexibility index (Phi) is 7.06. The fourth-order valence-corrected chi connectivity index (χ4v) is 3.44. The summed E-state index contributed by atoms with van der Waals surface area (Å²) in [5, 5.41) is 3.69. The van der Waals surface area contributed by atoms with Crippen LogP contribution in [0.4, 0.5) is 0 Å². The molecule has 0 aromatic rings. The average molecular weight is 251 g/mol. The number of thioether (sulfide) groups is 1. The molecule has 0 unspecified atom stereocenters. The maximum Gasteiger partial charge on any atom is 0.0107 e. The van der Waals surface area contributed by atoms with E-state index in [-0.39, 0.29) is 12.4 Å². The Hall–Kier alpha value is 0.560. The standard InChI is InChI=1S/C11H22N2S.ClH/c1-2-7-13(6-1)8-5-12-11-3-9-14-10-4-11;/h11-12H,1-10H2;1H. The molecule has 0 atom stereocenters. The summed E-state index contributed by atoms with van der Waals surface area (Å²) in [5.41, 5.74) is 0. The second-order valence-corrected chi connectivity index (χ2v) is 5.61.